The van der Waals surface area contributed by atoms with E-state index in [-0.39, 0.29) is 23.3 Å². The molecule has 3 aliphatic heterocycles. The summed E-state index contributed by atoms with van der Waals surface area (Å²) >= 11 is 6.88. The van der Waals surface area contributed by atoms with Gasteiger partial charge in [-0.25, -0.2) is 4.39 Å². The van der Waals surface area contributed by atoms with E-state index in [0.29, 0.717) is 85.1 Å². The number of hydrogen-bond acceptors (Lipinski definition) is 8. The molecule has 2 N–H and O–H groups in total. The zero-order chi connectivity index (χ0) is 37.2. The van der Waals surface area contributed by atoms with E-state index in [9.17, 15) is 23.6 Å². The molecular weight excluding hydrogens is 699 g/mol. The van der Waals surface area contributed by atoms with E-state index in [0.717, 1.165) is 42.7 Å². The molecule has 3 saturated heterocycles. The SMILES string of the molecule is COc1cc(-c2cn(C)c(=O)c3ccc(F)cc23)cc(Cl)c1CN1CCN(C(=O)CN2CCC(c3ccc(NC4CCC(=O)NC4=O)cc3)CC2)CC1. The number of benzene rings is 3. The average Bonchev–Trinajstić information content (AvgIpc) is 3.16. The third-order valence-corrected chi connectivity index (χ3v) is 11.2. The highest BCUT2D eigenvalue weighted by atomic mass is 35.5. The van der Waals surface area contributed by atoms with Crippen molar-refractivity contribution in [1.29, 1.82) is 0 Å². The predicted molar refractivity (Wildman–Crippen MR) is 203 cm³/mol. The Morgan fingerprint density at radius 2 is 1.66 bits per heavy atom. The van der Waals surface area contributed by atoms with Crippen molar-refractivity contribution in [3.05, 3.63) is 93.1 Å². The fourth-order valence-corrected chi connectivity index (χ4v) is 8.02. The van der Waals surface area contributed by atoms with E-state index >= 15 is 0 Å². The van der Waals surface area contributed by atoms with Gasteiger partial charge in [-0.1, -0.05) is 23.7 Å². The molecule has 1 aromatic heterocycles. The Morgan fingerprint density at radius 3 is 2.36 bits per heavy atom. The van der Waals surface area contributed by atoms with Gasteiger partial charge in [-0.15, -0.1) is 0 Å². The van der Waals surface area contributed by atoms with Crippen molar-refractivity contribution >= 4 is 45.8 Å². The van der Waals surface area contributed by atoms with Crippen LogP contribution in [0.15, 0.2) is 65.6 Å². The number of piperidine rings is 2. The molecule has 0 saturated carbocycles. The van der Waals surface area contributed by atoms with Crippen LogP contribution in [0, 0.1) is 5.82 Å². The van der Waals surface area contributed by atoms with Crippen LogP contribution in [0.4, 0.5) is 10.1 Å². The van der Waals surface area contributed by atoms with Crippen molar-refractivity contribution in [3.63, 3.8) is 0 Å². The summed E-state index contributed by atoms with van der Waals surface area (Å²) in [6.07, 6.45) is 4.46. The number of hydrogen-bond donors (Lipinski definition) is 2. The van der Waals surface area contributed by atoms with Gasteiger partial charge < -0.3 is 19.5 Å². The number of likely N-dealkylation sites (tertiary alicyclic amines) is 1. The second kappa shape index (κ2) is 15.7. The van der Waals surface area contributed by atoms with Crippen LogP contribution in [0.2, 0.25) is 5.02 Å². The van der Waals surface area contributed by atoms with Gasteiger partial charge in [0.2, 0.25) is 17.7 Å². The lowest BCUT2D eigenvalue weighted by Crippen LogP contribution is -2.51. The van der Waals surface area contributed by atoms with E-state index in [2.05, 4.69) is 32.6 Å². The van der Waals surface area contributed by atoms with Crippen molar-refractivity contribution in [2.24, 2.45) is 7.05 Å². The molecule has 4 aromatic rings. The third-order valence-electron chi connectivity index (χ3n) is 10.8. The Morgan fingerprint density at radius 1 is 0.925 bits per heavy atom. The number of ether oxygens (including phenoxy) is 1. The molecule has 7 rings (SSSR count). The first kappa shape index (κ1) is 36.6. The Hall–Kier alpha value is -4.78. The summed E-state index contributed by atoms with van der Waals surface area (Å²) in [4.78, 5) is 56.0. The lowest BCUT2D eigenvalue weighted by Gasteiger charge is -2.37. The molecule has 3 fully saturated rings. The van der Waals surface area contributed by atoms with Crippen LogP contribution in [-0.4, -0.2) is 96.0 Å². The molecule has 278 valence electrons. The molecular formula is C40H44ClFN6O5. The van der Waals surface area contributed by atoms with E-state index < -0.39 is 11.9 Å². The molecule has 3 aliphatic rings. The lowest BCUT2D eigenvalue weighted by molar-refractivity contribution is -0.135. The van der Waals surface area contributed by atoms with Gasteiger partial charge in [0, 0.05) is 79.6 Å². The summed E-state index contributed by atoms with van der Waals surface area (Å²) in [5.41, 5.74) is 4.14. The van der Waals surface area contributed by atoms with Gasteiger partial charge >= 0.3 is 0 Å². The zero-order valence-electron chi connectivity index (χ0n) is 30.0. The Balaban J connectivity index is 0.901. The van der Waals surface area contributed by atoms with Crippen molar-refractivity contribution in [2.45, 2.75) is 44.2 Å². The van der Waals surface area contributed by atoms with Crippen molar-refractivity contribution < 1.29 is 23.5 Å². The van der Waals surface area contributed by atoms with Gasteiger partial charge in [0.25, 0.3) is 5.56 Å². The number of halogens is 2. The highest BCUT2D eigenvalue weighted by Crippen LogP contribution is 2.37. The molecule has 0 bridgehead atoms. The molecule has 1 atom stereocenters. The normalized spacial score (nSPS) is 19.0. The number of fused-ring (bicyclic) bond motifs is 1. The minimum atomic E-state index is -0.425. The fraction of sp³-hybridized carbons (Fsp3) is 0.400. The minimum absolute atomic E-state index is 0.146. The van der Waals surface area contributed by atoms with Crippen molar-refractivity contribution in [2.75, 3.05) is 58.2 Å². The predicted octanol–water partition coefficient (Wildman–Crippen LogP) is 4.75. The van der Waals surface area contributed by atoms with Gasteiger partial charge in [-0.2, -0.15) is 0 Å². The number of aromatic nitrogens is 1. The molecule has 3 amide bonds. The van der Waals surface area contributed by atoms with Gasteiger partial charge in [0.1, 0.15) is 17.6 Å². The van der Waals surface area contributed by atoms with E-state index in [1.54, 1.807) is 20.4 Å². The first-order valence-corrected chi connectivity index (χ1v) is 18.5. The number of carbonyl (C=O) groups excluding carboxylic acids is 3. The smallest absolute Gasteiger partial charge is 0.258 e. The van der Waals surface area contributed by atoms with Crippen LogP contribution < -0.4 is 20.9 Å². The number of imide groups is 1. The van der Waals surface area contributed by atoms with Gasteiger partial charge in [0.05, 0.1) is 13.7 Å². The van der Waals surface area contributed by atoms with E-state index in [1.807, 2.05) is 29.2 Å². The number of piperazine rings is 1. The number of rotatable bonds is 9. The maximum atomic E-state index is 14.3. The number of carbonyl (C=O) groups is 3. The molecule has 13 heteroatoms. The number of anilines is 1. The van der Waals surface area contributed by atoms with Crippen LogP contribution >= 0.6 is 11.6 Å². The number of pyridine rings is 1. The first-order chi connectivity index (χ1) is 25.6. The largest absolute Gasteiger partial charge is 0.496 e. The standard InChI is InChI=1S/C40H44ClFN6O5/c1-45-22-32(31-21-28(42)5-8-30(31)40(45)52)27-19-34(41)33(36(20-27)53-2)23-47-15-17-48(18-16-47)38(50)24-46-13-11-26(12-14-46)25-3-6-29(7-4-25)43-35-9-10-37(49)44-39(35)51/h3-8,19-22,26,35,43H,9-18,23-24H2,1-2H3,(H,44,49,51). The molecule has 3 aromatic carbocycles. The monoisotopic (exact) mass is 742 g/mol. The number of methoxy groups -OCH3 is 1. The van der Waals surface area contributed by atoms with Crippen LogP contribution in [-0.2, 0) is 28.0 Å². The number of nitrogens with zero attached hydrogens (tertiary/aromatic N) is 4. The molecule has 0 aliphatic carbocycles. The first-order valence-electron chi connectivity index (χ1n) is 18.1. The number of nitrogens with one attached hydrogen (secondary N) is 2. The van der Waals surface area contributed by atoms with E-state index in [4.69, 9.17) is 16.3 Å². The third kappa shape index (κ3) is 8.09. The molecule has 11 nitrogen and oxygen atoms in total. The fourth-order valence-electron chi connectivity index (χ4n) is 7.75. The summed E-state index contributed by atoms with van der Waals surface area (Å²) in [7, 11) is 3.26. The van der Waals surface area contributed by atoms with Gasteiger partial charge in [-0.05, 0) is 97.2 Å². The van der Waals surface area contributed by atoms with E-state index in [1.165, 1.54) is 28.3 Å². The topological polar surface area (TPSA) is 116 Å². The molecule has 0 radical (unpaired) electrons. The summed E-state index contributed by atoms with van der Waals surface area (Å²) in [6, 6.07) is 15.7. The molecule has 0 spiro atoms. The lowest BCUT2D eigenvalue weighted by atomic mass is 9.89. The van der Waals surface area contributed by atoms with Crippen molar-refractivity contribution in [3.8, 4) is 16.9 Å². The number of aryl methyl sites for hydroxylation is 1. The van der Waals surface area contributed by atoms with Gasteiger partial charge in [-0.3, -0.25) is 34.3 Å². The molecule has 4 heterocycles. The Bertz CT molecular complexity index is 2090. The second-order valence-corrected chi connectivity index (χ2v) is 14.7. The average molecular weight is 743 g/mol. The van der Waals surface area contributed by atoms with Gasteiger partial charge in [0.15, 0.2) is 0 Å². The number of amides is 3. The van der Waals surface area contributed by atoms with Crippen LogP contribution in [0.5, 0.6) is 5.75 Å². The molecule has 53 heavy (non-hydrogen) atoms. The zero-order valence-corrected chi connectivity index (χ0v) is 30.8. The summed E-state index contributed by atoms with van der Waals surface area (Å²) < 4.78 is 21.5. The maximum absolute atomic E-state index is 14.3. The molecule has 1 unspecified atom stereocenters. The maximum Gasteiger partial charge on any atom is 0.258 e. The second-order valence-electron chi connectivity index (χ2n) is 14.3. The Kier molecular flexibility index (Phi) is 10.8. The highest BCUT2D eigenvalue weighted by molar-refractivity contribution is 6.32. The minimum Gasteiger partial charge on any atom is -0.496 e. The summed E-state index contributed by atoms with van der Waals surface area (Å²) in [6.45, 7) is 5.32. The van der Waals surface area contributed by atoms with Crippen LogP contribution in [0.1, 0.15) is 42.7 Å². The van der Waals surface area contributed by atoms with Crippen LogP contribution in [0.25, 0.3) is 21.9 Å². The summed E-state index contributed by atoms with van der Waals surface area (Å²) in [5.74, 6) is 0.234. The Labute approximate surface area is 312 Å². The quantitative estimate of drug-likeness (QED) is 0.237. The highest BCUT2D eigenvalue weighted by Gasteiger charge is 2.28. The summed E-state index contributed by atoms with van der Waals surface area (Å²) in [5, 5.41) is 7.06. The van der Waals surface area contributed by atoms with Crippen molar-refractivity contribution in [1.82, 2.24) is 24.6 Å². The van der Waals surface area contributed by atoms with Crippen LogP contribution in [0.3, 0.4) is 0 Å².